The number of nitrogens with zero attached hydrogens (tertiary/aromatic N) is 2. The van der Waals surface area contributed by atoms with Gasteiger partial charge in [-0.15, -0.1) is 0 Å². The molecule has 2 aromatic carbocycles. The molecule has 0 unspecified atom stereocenters. The van der Waals surface area contributed by atoms with Crippen LogP contribution in [0.1, 0.15) is 43.0 Å². The topological polar surface area (TPSA) is 75.0 Å². The molecule has 0 radical (unpaired) electrons. The van der Waals surface area contributed by atoms with Crippen LogP contribution in [0.15, 0.2) is 36.5 Å². The highest BCUT2D eigenvalue weighted by Gasteiger charge is 2.35. The maximum Gasteiger partial charge on any atom is 0.190 e. The number of ether oxygens (including phenoxy) is 2. The Kier molecular flexibility index (Phi) is 9.07. The van der Waals surface area contributed by atoms with E-state index in [1.54, 1.807) is 18.2 Å². The summed E-state index contributed by atoms with van der Waals surface area (Å²) in [6, 6.07) is 6.36. The number of fused-ring (bicyclic) bond motifs is 1. The lowest BCUT2D eigenvalue weighted by Crippen LogP contribution is -2.43. The molecule has 0 aliphatic carbocycles. The number of aromatic nitrogens is 1. The van der Waals surface area contributed by atoms with Gasteiger partial charge in [-0.1, -0.05) is 0 Å². The van der Waals surface area contributed by atoms with Gasteiger partial charge in [0.1, 0.15) is 24.3 Å². The summed E-state index contributed by atoms with van der Waals surface area (Å²) >= 11 is 0. The fraction of sp³-hybridized carbons (Fsp3) is 0.464. The summed E-state index contributed by atoms with van der Waals surface area (Å²) in [4.78, 5) is 6.37. The molecule has 1 fully saturated rings. The van der Waals surface area contributed by atoms with E-state index in [9.17, 15) is 23.4 Å². The third-order valence-corrected chi connectivity index (χ3v) is 7.48. The monoisotopic (exact) mass is 536 g/mol. The average molecular weight is 537 g/mol. The first-order chi connectivity index (χ1) is 18.3. The second kappa shape index (κ2) is 12.3. The lowest BCUT2D eigenvalue weighted by Gasteiger charge is -2.41. The van der Waals surface area contributed by atoms with E-state index in [-0.39, 0.29) is 26.2 Å². The molecule has 10 heteroatoms. The number of alkyl halides is 1. The number of hydrogen-bond acceptors (Lipinski definition) is 6. The Morgan fingerprint density at radius 2 is 1.79 bits per heavy atom. The van der Waals surface area contributed by atoms with Gasteiger partial charge >= 0.3 is 0 Å². The predicted octanol–water partition coefficient (Wildman–Crippen LogP) is 5.10. The van der Waals surface area contributed by atoms with Crippen molar-refractivity contribution < 1.29 is 37.2 Å². The minimum atomic E-state index is -1.37. The van der Waals surface area contributed by atoms with E-state index in [4.69, 9.17) is 9.47 Å². The van der Waals surface area contributed by atoms with E-state index >= 15 is 4.39 Å². The molecule has 1 aliphatic heterocycles. The second-order valence-corrected chi connectivity index (χ2v) is 9.79. The number of benzene rings is 2. The van der Waals surface area contributed by atoms with Crippen molar-refractivity contribution in [1.29, 1.82) is 0 Å². The van der Waals surface area contributed by atoms with Crippen LogP contribution >= 0.6 is 0 Å². The van der Waals surface area contributed by atoms with Gasteiger partial charge < -0.3 is 19.7 Å². The first-order valence-corrected chi connectivity index (χ1v) is 12.6. The Labute approximate surface area is 218 Å². The molecule has 6 nitrogen and oxygen atoms in total. The number of hydrogen-bond donors (Lipinski definition) is 2. The molecule has 0 saturated carbocycles. The molecule has 206 valence electrons. The molecule has 38 heavy (non-hydrogen) atoms. The molecule has 0 bridgehead atoms. The number of methoxy groups -OCH3 is 1. The Morgan fingerprint density at radius 3 is 2.42 bits per heavy atom. The summed E-state index contributed by atoms with van der Waals surface area (Å²) in [6.07, 6.45) is 1.96. The fourth-order valence-electron chi connectivity index (χ4n) is 5.12. The van der Waals surface area contributed by atoms with Crippen LogP contribution in [0, 0.1) is 22.9 Å². The summed E-state index contributed by atoms with van der Waals surface area (Å²) in [5.74, 6) is -3.23. The van der Waals surface area contributed by atoms with Crippen LogP contribution < -0.4 is 9.47 Å². The number of rotatable bonds is 11. The molecule has 0 spiro atoms. The van der Waals surface area contributed by atoms with Crippen molar-refractivity contribution in [3.8, 4) is 11.5 Å². The van der Waals surface area contributed by atoms with Gasteiger partial charge in [0.2, 0.25) is 0 Å². The summed E-state index contributed by atoms with van der Waals surface area (Å²) in [5, 5.41) is 20.6. The van der Waals surface area contributed by atoms with Crippen LogP contribution in [-0.4, -0.2) is 60.1 Å². The number of aliphatic hydroxyl groups excluding tert-OH is 2. The molecule has 3 aromatic rings. The van der Waals surface area contributed by atoms with E-state index in [0.29, 0.717) is 78.8 Å². The SMILES string of the molecule is COc1ccc2ncc(CO)c([C@H](F)CCC3(CO)CCN(CCOc4c(F)cc(F)cc4F)CC3)c2c1. The van der Waals surface area contributed by atoms with Gasteiger partial charge in [-0.3, -0.25) is 9.88 Å². The largest absolute Gasteiger partial charge is 0.497 e. The lowest BCUT2D eigenvalue weighted by molar-refractivity contribution is 0.0262. The summed E-state index contributed by atoms with van der Waals surface area (Å²) in [6.45, 7) is 1.19. The van der Waals surface area contributed by atoms with Gasteiger partial charge in [0.05, 0.1) is 19.2 Å². The first kappa shape index (κ1) is 28.1. The Morgan fingerprint density at radius 1 is 1.08 bits per heavy atom. The summed E-state index contributed by atoms with van der Waals surface area (Å²) in [5.41, 5.74) is 0.949. The van der Waals surface area contributed by atoms with Gasteiger partial charge in [0, 0.05) is 48.0 Å². The Balaban J connectivity index is 1.35. The van der Waals surface area contributed by atoms with Crippen LogP contribution in [0.2, 0.25) is 0 Å². The van der Waals surface area contributed by atoms with Crippen LogP contribution in [0.3, 0.4) is 0 Å². The van der Waals surface area contributed by atoms with Crippen molar-refractivity contribution >= 4 is 10.9 Å². The van der Waals surface area contributed by atoms with E-state index < -0.39 is 34.8 Å². The summed E-state index contributed by atoms with van der Waals surface area (Å²) < 4.78 is 66.8. The normalized spacial score (nSPS) is 16.5. The zero-order valence-corrected chi connectivity index (χ0v) is 21.2. The number of piperidine rings is 1. The van der Waals surface area contributed by atoms with E-state index in [0.717, 1.165) is 0 Å². The van der Waals surface area contributed by atoms with Gasteiger partial charge in [0.15, 0.2) is 17.4 Å². The van der Waals surface area contributed by atoms with Crippen molar-refractivity contribution in [2.24, 2.45) is 5.41 Å². The number of likely N-dealkylation sites (tertiary alicyclic amines) is 1. The van der Waals surface area contributed by atoms with Gasteiger partial charge in [0.25, 0.3) is 0 Å². The standard InChI is InChI=1S/C28H32F4N2O4/c1-37-20-2-3-25-21(14-20)26(18(16-35)15-33-25)22(30)4-5-28(17-36)6-8-34(9-7-28)10-11-38-27-23(31)12-19(29)13-24(27)32/h2-3,12-15,22,35-36H,4-11,16-17H2,1H3/t22-/m1/s1. The lowest BCUT2D eigenvalue weighted by atomic mass is 9.74. The number of pyridine rings is 1. The molecular formula is C28H32F4N2O4. The molecule has 1 aromatic heterocycles. The molecule has 2 N–H and O–H groups in total. The van der Waals surface area contributed by atoms with Crippen LogP contribution in [0.5, 0.6) is 11.5 Å². The first-order valence-electron chi connectivity index (χ1n) is 12.6. The highest BCUT2D eigenvalue weighted by atomic mass is 19.1. The molecule has 4 rings (SSSR count). The summed E-state index contributed by atoms with van der Waals surface area (Å²) in [7, 11) is 1.53. The van der Waals surface area contributed by atoms with E-state index in [1.807, 2.05) is 4.90 Å². The van der Waals surface area contributed by atoms with E-state index in [1.165, 1.54) is 13.3 Å². The zero-order valence-electron chi connectivity index (χ0n) is 21.2. The zero-order chi connectivity index (χ0) is 27.3. The van der Waals surface area contributed by atoms with Crippen LogP contribution in [0.25, 0.3) is 10.9 Å². The van der Waals surface area contributed by atoms with Crippen molar-refractivity contribution in [2.45, 2.75) is 38.5 Å². The van der Waals surface area contributed by atoms with Crippen molar-refractivity contribution in [2.75, 3.05) is 40.0 Å². The van der Waals surface area contributed by atoms with Gasteiger partial charge in [-0.2, -0.15) is 0 Å². The maximum atomic E-state index is 15.7. The highest BCUT2D eigenvalue weighted by Crippen LogP contribution is 2.41. The molecule has 1 aliphatic rings. The van der Waals surface area contributed by atoms with E-state index in [2.05, 4.69) is 4.98 Å². The van der Waals surface area contributed by atoms with Crippen LogP contribution in [0.4, 0.5) is 17.6 Å². The fourth-order valence-corrected chi connectivity index (χ4v) is 5.12. The van der Waals surface area contributed by atoms with Gasteiger partial charge in [-0.25, -0.2) is 17.6 Å². The molecule has 1 saturated heterocycles. The molecule has 2 heterocycles. The van der Waals surface area contributed by atoms with Crippen molar-refractivity contribution in [3.05, 3.63) is 65.1 Å². The minimum absolute atomic E-state index is 0.0146. The van der Waals surface area contributed by atoms with Gasteiger partial charge in [-0.05, 0) is 62.4 Å². The Hall–Kier alpha value is -2.95. The van der Waals surface area contributed by atoms with Crippen molar-refractivity contribution in [1.82, 2.24) is 9.88 Å². The Bertz CT molecular complexity index is 1220. The minimum Gasteiger partial charge on any atom is -0.497 e. The number of halogens is 4. The third kappa shape index (κ3) is 6.19. The number of aliphatic hydroxyl groups is 2. The highest BCUT2D eigenvalue weighted by molar-refractivity contribution is 5.85. The molecule has 1 atom stereocenters. The average Bonchev–Trinajstić information content (AvgIpc) is 2.92. The molecule has 0 amide bonds. The molecular weight excluding hydrogens is 504 g/mol. The second-order valence-electron chi connectivity index (χ2n) is 9.79. The van der Waals surface area contributed by atoms with Crippen LogP contribution in [-0.2, 0) is 6.61 Å². The maximum absolute atomic E-state index is 15.7. The van der Waals surface area contributed by atoms with Crippen molar-refractivity contribution in [3.63, 3.8) is 0 Å². The third-order valence-electron chi connectivity index (χ3n) is 7.48. The quantitative estimate of drug-likeness (QED) is 0.333. The smallest absolute Gasteiger partial charge is 0.190 e. The predicted molar refractivity (Wildman–Crippen MR) is 134 cm³/mol.